The van der Waals surface area contributed by atoms with Crippen molar-refractivity contribution in [3.63, 3.8) is 0 Å². The van der Waals surface area contributed by atoms with Crippen molar-refractivity contribution in [2.24, 2.45) is 0 Å². The lowest BCUT2D eigenvalue weighted by Gasteiger charge is -2.01. The highest BCUT2D eigenvalue weighted by atomic mass is 16.3. The maximum Gasteiger partial charge on any atom is 0.227 e. The van der Waals surface area contributed by atoms with Crippen molar-refractivity contribution < 1.29 is 4.42 Å². The molecule has 2 nitrogen and oxygen atoms in total. The minimum absolute atomic E-state index is 0.668. The Morgan fingerprint density at radius 1 is 0.652 bits per heavy atom. The van der Waals surface area contributed by atoms with Crippen LogP contribution in [0.15, 0.2) is 71.1 Å². The zero-order valence-corrected chi connectivity index (χ0v) is 13.2. The Balaban J connectivity index is 1.77. The van der Waals surface area contributed by atoms with Gasteiger partial charge in [0.2, 0.25) is 5.89 Å². The first-order valence-corrected chi connectivity index (χ1v) is 7.74. The summed E-state index contributed by atoms with van der Waals surface area (Å²) in [7, 11) is 0. The molecule has 0 aliphatic carbocycles. The Bertz CT molecular complexity index is 920. The van der Waals surface area contributed by atoms with E-state index < -0.39 is 0 Å². The molecule has 0 aliphatic rings. The Morgan fingerprint density at radius 2 is 1.22 bits per heavy atom. The molecule has 0 amide bonds. The van der Waals surface area contributed by atoms with E-state index in [4.69, 9.17) is 4.42 Å². The second-order valence-electron chi connectivity index (χ2n) is 5.93. The number of aromatic nitrogens is 1. The zero-order chi connectivity index (χ0) is 15.8. The van der Waals surface area contributed by atoms with Crippen LogP contribution in [0.1, 0.15) is 11.1 Å². The van der Waals surface area contributed by atoms with Gasteiger partial charge < -0.3 is 4.42 Å². The highest BCUT2D eigenvalue weighted by Crippen LogP contribution is 2.28. The summed E-state index contributed by atoms with van der Waals surface area (Å²) in [5, 5.41) is 0. The van der Waals surface area contributed by atoms with Crippen LogP contribution in [-0.2, 0) is 0 Å². The SMILES string of the molecule is Cc1ccc(-c2ccc3oc(-c4ccc(C)cc4)nc3c2)cc1. The fraction of sp³-hybridized carbons (Fsp3) is 0.0952. The van der Waals surface area contributed by atoms with E-state index in [9.17, 15) is 0 Å². The van der Waals surface area contributed by atoms with E-state index in [1.54, 1.807) is 0 Å². The van der Waals surface area contributed by atoms with Gasteiger partial charge in [-0.2, -0.15) is 0 Å². The third-order valence-electron chi connectivity index (χ3n) is 4.07. The first kappa shape index (κ1) is 13.8. The van der Waals surface area contributed by atoms with Crippen LogP contribution < -0.4 is 0 Å². The molecule has 0 aliphatic heterocycles. The van der Waals surface area contributed by atoms with Crippen LogP contribution in [0.5, 0.6) is 0 Å². The summed E-state index contributed by atoms with van der Waals surface area (Å²) in [6, 6.07) is 22.9. The largest absolute Gasteiger partial charge is 0.436 e. The fourth-order valence-electron chi connectivity index (χ4n) is 2.67. The van der Waals surface area contributed by atoms with Gasteiger partial charge in [-0.25, -0.2) is 4.98 Å². The standard InChI is InChI=1S/C21H17NO/c1-14-3-7-16(8-4-14)18-11-12-20-19(13-18)22-21(23-20)17-9-5-15(2)6-10-17/h3-13H,1-2H3. The molecule has 0 radical (unpaired) electrons. The number of oxazole rings is 1. The maximum absolute atomic E-state index is 5.89. The van der Waals surface area contributed by atoms with Gasteiger partial charge in [0.1, 0.15) is 5.52 Å². The molecule has 1 heterocycles. The second-order valence-corrected chi connectivity index (χ2v) is 5.93. The maximum atomic E-state index is 5.89. The Labute approximate surface area is 135 Å². The van der Waals surface area contributed by atoms with Crippen molar-refractivity contribution >= 4 is 11.1 Å². The lowest BCUT2D eigenvalue weighted by atomic mass is 10.0. The van der Waals surface area contributed by atoms with Gasteiger partial charge in [-0.15, -0.1) is 0 Å². The summed E-state index contributed by atoms with van der Waals surface area (Å²) in [5.74, 6) is 0.668. The van der Waals surface area contributed by atoms with Crippen molar-refractivity contribution in [1.29, 1.82) is 0 Å². The van der Waals surface area contributed by atoms with E-state index in [-0.39, 0.29) is 0 Å². The molecule has 112 valence electrons. The summed E-state index contributed by atoms with van der Waals surface area (Å²) in [6.07, 6.45) is 0. The van der Waals surface area contributed by atoms with Crippen molar-refractivity contribution in [2.45, 2.75) is 13.8 Å². The third-order valence-corrected chi connectivity index (χ3v) is 4.07. The van der Waals surface area contributed by atoms with Gasteiger partial charge in [-0.3, -0.25) is 0 Å². The smallest absolute Gasteiger partial charge is 0.227 e. The molecule has 0 saturated heterocycles. The number of hydrogen-bond acceptors (Lipinski definition) is 2. The van der Waals surface area contributed by atoms with E-state index in [0.717, 1.165) is 22.2 Å². The third kappa shape index (κ3) is 2.64. The molecule has 3 aromatic carbocycles. The van der Waals surface area contributed by atoms with Gasteiger partial charge in [-0.1, -0.05) is 53.6 Å². The number of fused-ring (bicyclic) bond motifs is 1. The first-order valence-electron chi connectivity index (χ1n) is 7.74. The van der Waals surface area contributed by atoms with E-state index in [0.29, 0.717) is 5.89 Å². The van der Waals surface area contributed by atoms with E-state index >= 15 is 0 Å². The van der Waals surface area contributed by atoms with Crippen molar-refractivity contribution in [2.75, 3.05) is 0 Å². The van der Waals surface area contributed by atoms with Crippen LogP contribution in [-0.4, -0.2) is 4.98 Å². The van der Waals surface area contributed by atoms with Crippen LogP contribution in [0.2, 0.25) is 0 Å². The molecule has 0 N–H and O–H groups in total. The lowest BCUT2D eigenvalue weighted by molar-refractivity contribution is 0.620. The van der Waals surface area contributed by atoms with Gasteiger partial charge in [0, 0.05) is 5.56 Å². The average Bonchev–Trinajstić information content (AvgIpc) is 2.99. The minimum Gasteiger partial charge on any atom is -0.436 e. The number of hydrogen-bond donors (Lipinski definition) is 0. The van der Waals surface area contributed by atoms with Crippen molar-refractivity contribution in [3.05, 3.63) is 77.9 Å². The average molecular weight is 299 g/mol. The second kappa shape index (κ2) is 5.40. The topological polar surface area (TPSA) is 26.0 Å². The lowest BCUT2D eigenvalue weighted by Crippen LogP contribution is -1.79. The Morgan fingerprint density at radius 3 is 1.87 bits per heavy atom. The van der Waals surface area contributed by atoms with Crippen LogP contribution in [0.3, 0.4) is 0 Å². The molecule has 0 unspecified atom stereocenters. The zero-order valence-electron chi connectivity index (χ0n) is 13.2. The number of aryl methyl sites for hydroxylation is 2. The normalized spacial score (nSPS) is 11.0. The van der Waals surface area contributed by atoms with E-state index in [1.165, 1.54) is 16.7 Å². The summed E-state index contributed by atoms with van der Waals surface area (Å²) in [4.78, 5) is 4.65. The molecule has 4 aromatic rings. The van der Waals surface area contributed by atoms with Gasteiger partial charge in [-0.05, 0) is 49.2 Å². The Hall–Kier alpha value is -2.87. The van der Waals surface area contributed by atoms with Crippen LogP contribution in [0, 0.1) is 13.8 Å². The quantitative estimate of drug-likeness (QED) is 0.469. The summed E-state index contributed by atoms with van der Waals surface area (Å²) in [5.41, 5.74) is 7.54. The van der Waals surface area contributed by atoms with Crippen LogP contribution >= 0.6 is 0 Å². The van der Waals surface area contributed by atoms with Crippen molar-refractivity contribution in [1.82, 2.24) is 4.98 Å². The first-order chi connectivity index (χ1) is 11.2. The fourth-order valence-corrected chi connectivity index (χ4v) is 2.67. The molecule has 4 rings (SSSR count). The van der Waals surface area contributed by atoms with Gasteiger partial charge >= 0.3 is 0 Å². The molecule has 1 aromatic heterocycles. The van der Waals surface area contributed by atoms with Gasteiger partial charge in [0.05, 0.1) is 0 Å². The highest BCUT2D eigenvalue weighted by Gasteiger charge is 2.09. The van der Waals surface area contributed by atoms with E-state index in [2.05, 4.69) is 67.4 Å². The monoisotopic (exact) mass is 299 g/mol. The van der Waals surface area contributed by atoms with Gasteiger partial charge in [0.15, 0.2) is 5.58 Å². The predicted molar refractivity (Wildman–Crippen MR) is 94.4 cm³/mol. The number of benzene rings is 3. The van der Waals surface area contributed by atoms with E-state index in [1.807, 2.05) is 18.2 Å². The number of rotatable bonds is 2. The van der Waals surface area contributed by atoms with Gasteiger partial charge in [0.25, 0.3) is 0 Å². The molecule has 0 fully saturated rings. The number of nitrogens with zero attached hydrogens (tertiary/aromatic N) is 1. The molecule has 0 spiro atoms. The summed E-state index contributed by atoms with van der Waals surface area (Å²) >= 11 is 0. The van der Waals surface area contributed by atoms with Crippen LogP contribution in [0.4, 0.5) is 0 Å². The molecule has 0 bridgehead atoms. The molecule has 23 heavy (non-hydrogen) atoms. The van der Waals surface area contributed by atoms with Crippen LogP contribution in [0.25, 0.3) is 33.7 Å². The Kier molecular flexibility index (Phi) is 3.23. The molecule has 2 heteroatoms. The molecular weight excluding hydrogens is 282 g/mol. The molecule has 0 atom stereocenters. The summed E-state index contributed by atoms with van der Waals surface area (Å²) < 4.78 is 5.89. The summed E-state index contributed by atoms with van der Waals surface area (Å²) in [6.45, 7) is 4.17. The highest BCUT2D eigenvalue weighted by molar-refractivity contribution is 5.82. The molecular formula is C21H17NO. The van der Waals surface area contributed by atoms with Crippen molar-refractivity contribution in [3.8, 4) is 22.6 Å². The molecule has 0 saturated carbocycles. The minimum atomic E-state index is 0.668. The predicted octanol–water partition coefficient (Wildman–Crippen LogP) is 5.78.